The van der Waals surface area contributed by atoms with E-state index in [4.69, 9.17) is 4.52 Å². The van der Waals surface area contributed by atoms with Crippen molar-refractivity contribution >= 4 is 5.91 Å². The summed E-state index contributed by atoms with van der Waals surface area (Å²) in [6, 6.07) is 16.7. The molecule has 1 aromatic heterocycles. The van der Waals surface area contributed by atoms with Crippen LogP contribution in [0.4, 0.5) is 0 Å². The summed E-state index contributed by atoms with van der Waals surface area (Å²) in [6.45, 7) is 6.00. The fraction of sp³-hybridized carbons (Fsp3) is 0.250. The monoisotopic (exact) mass is 335 g/mol. The van der Waals surface area contributed by atoms with Gasteiger partial charge >= 0.3 is 0 Å². The molecular formula is C20H21N3O2. The number of aryl methyl sites for hydroxylation is 1. The molecule has 1 unspecified atom stereocenters. The molecule has 1 atom stereocenters. The van der Waals surface area contributed by atoms with E-state index in [0.29, 0.717) is 17.3 Å². The van der Waals surface area contributed by atoms with Gasteiger partial charge in [0.2, 0.25) is 11.7 Å². The smallest absolute Gasteiger partial charge is 0.251 e. The van der Waals surface area contributed by atoms with Gasteiger partial charge < -0.3 is 9.84 Å². The quantitative estimate of drug-likeness (QED) is 0.760. The number of hydrogen-bond donors (Lipinski definition) is 1. The average molecular weight is 335 g/mol. The van der Waals surface area contributed by atoms with Gasteiger partial charge in [-0.25, -0.2) is 0 Å². The minimum absolute atomic E-state index is 0.110. The molecule has 0 aliphatic rings. The first kappa shape index (κ1) is 16.9. The highest BCUT2D eigenvalue weighted by molar-refractivity contribution is 5.94. The minimum Gasteiger partial charge on any atom is -0.340 e. The zero-order valence-corrected chi connectivity index (χ0v) is 14.6. The molecule has 0 fully saturated rings. The molecule has 5 nitrogen and oxygen atoms in total. The second kappa shape index (κ2) is 7.30. The van der Waals surface area contributed by atoms with Crippen LogP contribution < -0.4 is 5.32 Å². The van der Waals surface area contributed by atoms with Crippen molar-refractivity contribution in [3.63, 3.8) is 0 Å². The van der Waals surface area contributed by atoms with E-state index in [2.05, 4.69) is 15.5 Å². The van der Waals surface area contributed by atoms with E-state index >= 15 is 0 Å². The topological polar surface area (TPSA) is 68.0 Å². The second-order valence-corrected chi connectivity index (χ2v) is 6.38. The molecule has 0 radical (unpaired) electrons. The summed E-state index contributed by atoms with van der Waals surface area (Å²) < 4.78 is 5.42. The summed E-state index contributed by atoms with van der Waals surface area (Å²) in [4.78, 5) is 17.0. The van der Waals surface area contributed by atoms with E-state index in [1.807, 2.05) is 75.4 Å². The normalized spacial score (nSPS) is 12.2. The van der Waals surface area contributed by atoms with Crippen molar-refractivity contribution in [2.75, 3.05) is 0 Å². The molecule has 0 saturated heterocycles. The molecule has 0 spiro atoms. The average Bonchev–Trinajstić information content (AvgIpc) is 3.10. The van der Waals surface area contributed by atoms with E-state index < -0.39 is 0 Å². The van der Waals surface area contributed by atoms with Gasteiger partial charge in [0.1, 0.15) is 6.04 Å². The summed E-state index contributed by atoms with van der Waals surface area (Å²) in [6.07, 6.45) is 0. The maximum absolute atomic E-state index is 12.5. The lowest BCUT2D eigenvalue weighted by molar-refractivity contribution is 0.0914. The Kier molecular flexibility index (Phi) is 4.93. The zero-order valence-electron chi connectivity index (χ0n) is 14.6. The number of hydrogen-bond acceptors (Lipinski definition) is 4. The predicted octanol–water partition coefficient (Wildman–Crippen LogP) is 4.17. The summed E-state index contributed by atoms with van der Waals surface area (Å²) in [5.41, 5.74) is 2.60. The number of carbonyl (C=O) groups excluding carboxylic acids is 1. The van der Waals surface area contributed by atoms with Crippen LogP contribution in [0, 0.1) is 12.8 Å². The van der Waals surface area contributed by atoms with Gasteiger partial charge in [-0.1, -0.05) is 67.0 Å². The molecule has 2 aromatic carbocycles. The van der Waals surface area contributed by atoms with Gasteiger partial charge in [-0.2, -0.15) is 4.98 Å². The third-order valence-electron chi connectivity index (χ3n) is 4.01. The highest BCUT2D eigenvalue weighted by atomic mass is 16.5. The van der Waals surface area contributed by atoms with Crippen LogP contribution in [0.3, 0.4) is 0 Å². The fourth-order valence-electron chi connectivity index (χ4n) is 2.51. The number of carbonyl (C=O) groups is 1. The predicted molar refractivity (Wildman–Crippen MR) is 96.0 cm³/mol. The van der Waals surface area contributed by atoms with Crippen LogP contribution in [0.25, 0.3) is 11.4 Å². The summed E-state index contributed by atoms with van der Waals surface area (Å²) >= 11 is 0. The first-order chi connectivity index (χ1) is 12.0. The molecule has 3 rings (SSSR count). The fourth-order valence-corrected chi connectivity index (χ4v) is 2.51. The van der Waals surface area contributed by atoms with Crippen molar-refractivity contribution in [1.82, 2.24) is 15.5 Å². The molecule has 25 heavy (non-hydrogen) atoms. The molecule has 0 aliphatic heterocycles. The van der Waals surface area contributed by atoms with Crippen LogP contribution in [0.15, 0.2) is 59.1 Å². The first-order valence-corrected chi connectivity index (χ1v) is 8.31. The van der Waals surface area contributed by atoms with E-state index in [-0.39, 0.29) is 17.9 Å². The third kappa shape index (κ3) is 3.94. The zero-order chi connectivity index (χ0) is 17.8. The standard InChI is InChI=1S/C20H21N3O2/c1-13(2)17(21-19(24)16-11-9-14(3)10-12-16)20-22-18(23-25-20)15-7-5-4-6-8-15/h4-13,17H,1-3H3,(H,21,24). The van der Waals surface area contributed by atoms with E-state index in [9.17, 15) is 4.79 Å². The molecule has 5 heteroatoms. The van der Waals surface area contributed by atoms with Crippen LogP contribution >= 0.6 is 0 Å². The number of aromatic nitrogens is 2. The maximum Gasteiger partial charge on any atom is 0.251 e. The maximum atomic E-state index is 12.5. The molecule has 0 bridgehead atoms. The summed E-state index contributed by atoms with van der Waals surface area (Å²) in [5, 5.41) is 7.04. The highest BCUT2D eigenvalue weighted by Gasteiger charge is 2.25. The first-order valence-electron chi connectivity index (χ1n) is 8.31. The van der Waals surface area contributed by atoms with Crippen LogP contribution in [-0.2, 0) is 0 Å². The summed E-state index contributed by atoms with van der Waals surface area (Å²) in [5.74, 6) is 0.886. The van der Waals surface area contributed by atoms with E-state index in [1.165, 1.54) is 0 Å². The molecule has 1 amide bonds. The highest BCUT2D eigenvalue weighted by Crippen LogP contribution is 2.24. The second-order valence-electron chi connectivity index (χ2n) is 6.38. The Bertz CT molecular complexity index is 839. The van der Waals surface area contributed by atoms with Gasteiger partial charge in [0.05, 0.1) is 0 Å². The van der Waals surface area contributed by atoms with Gasteiger partial charge in [0.15, 0.2) is 0 Å². The Balaban J connectivity index is 1.81. The largest absolute Gasteiger partial charge is 0.340 e. The van der Waals surface area contributed by atoms with E-state index in [1.54, 1.807) is 0 Å². The van der Waals surface area contributed by atoms with Gasteiger partial charge in [0, 0.05) is 11.1 Å². The van der Waals surface area contributed by atoms with Crippen LogP contribution in [0.2, 0.25) is 0 Å². The lowest BCUT2D eigenvalue weighted by Crippen LogP contribution is -2.32. The van der Waals surface area contributed by atoms with Crippen molar-refractivity contribution in [3.8, 4) is 11.4 Å². The van der Waals surface area contributed by atoms with Gasteiger partial charge in [-0.15, -0.1) is 0 Å². The minimum atomic E-state index is -0.348. The van der Waals surface area contributed by atoms with E-state index in [0.717, 1.165) is 11.1 Å². The number of benzene rings is 2. The van der Waals surface area contributed by atoms with Crippen molar-refractivity contribution in [2.24, 2.45) is 5.92 Å². The van der Waals surface area contributed by atoms with Crippen LogP contribution in [-0.4, -0.2) is 16.0 Å². The van der Waals surface area contributed by atoms with Gasteiger partial charge in [-0.05, 0) is 25.0 Å². The van der Waals surface area contributed by atoms with Crippen LogP contribution in [0.5, 0.6) is 0 Å². The number of rotatable bonds is 5. The Labute approximate surface area is 147 Å². The molecular weight excluding hydrogens is 314 g/mol. The Hall–Kier alpha value is -2.95. The number of nitrogens with zero attached hydrogens (tertiary/aromatic N) is 2. The lowest BCUT2D eigenvalue weighted by Gasteiger charge is -2.18. The van der Waals surface area contributed by atoms with Crippen molar-refractivity contribution in [2.45, 2.75) is 26.8 Å². The Morgan fingerprint density at radius 1 is 1.04 bits per heavy atom. The molecule has 1 N–H and O–H groups in total. The molecule has 0 saturated carbocycles. The number of amides is 1. The van der Waals surface area contributed by atoms with Crippen molar-refractivity contribution in [3.05, 3.63) is 71.6 Å². The molecule has 128 valence electrons. The van der Waals surface area contributed by atoms with Crippen LogP contribution in [0.1, 0.15) is 41.7 Å². The lowest BCUT2D eigenvalue weighted by atomic mass is 10.0. The Morgan fingerprint density at radius 3 is 2.36 bits per heavy atom. The SMILES string of the molecule is Cc1ccc(C(=O)NC(c2nc(-c3ccccc3)no2)C(C)C)cc1. The van der Waals surface area contributed by atoms with Crippen molar-refractivity contribution in [1.29, 1.82) is 0 Å². The molecule has 0 aliphatic carbocycles. The van der Waals surface area contributed by atoms with Gasteiger partial charge in [0.25, 0.3) is 5.91 Å². The molecule has 3 aromatic rings. The van der Waals surface area contributed by atoms with Crippen molar-refractivity contribution < 1.29 is 9.32 Å². The molecule has 1 heterocycles. The van der Waals surface area contributed by atoms with Gasteiger partial charge in [-0.3, -0.25) is 4.79 Å². The Morgan fingerprint density at radius 2 is 1.72 bits per heavy atom. The number of nitrogens with one attached hydrogen (secondary N) is 1. The third-order valence-corrected chi connectivity index (χ3v) is 4.01. The summed E-state index contributed by atoms with van der Waals surface area (Å²) in [7, 11) is 0.